The Labute approximate surface area is 101 Å². The van der Waals surface area contributed by atoms with E-state index in [-0.39, 0.29) is 5.92 Å². The van der Waals surface area contributed by atoms with Crippen LogP contribution in [0.1, 0.15) is 24.1 Å². The first-order valence-corrected chi connectivity index (χ1v) is 6.00. The molecule has 1 N–H and O–H groups in total. The summed E-state index contributed by atoms with van der Waals surface area (Å²) in [6.07, 6.45) is 3.65. The maximum Gasteiger partial charge on any atom is 0.307 e. The van der Waals surface area contributed by atoms with Crippen LogP contribution in [0.2, 0.25) is 0 Å². The Hall–Kier alpha value is -1.36. The van der Waals surface area contributed by atoms with Gasteiger partial charge in [-0.15, -0.1) is 0 Å². The van der Waals surface area contributed by atoms with E-state index in [2.05, 4.69) is 10.00 Å². The number of rotatable bonds is 3. The highest BCUT2D eigenvalue weighted by Crippen LogP contribution is 2.19. The summed E-state index contributed by atoms with van der Waals surface area (Å²) in [5.41, 5.74) is 2.35. The molecule has 0 amide bonds. The third-order valence-electron chi connectivity index (χ3n) is 3.59. The van der Waals surface area contributed by atoms with Crippen LogP contribution in [0.3, 0.4) is 0 Å². The molecule has 1 aromatic rings. The number of hydrogen-bond acceptors (Lipinski definition) is 3. The van der Waals surface area contributed by atoms with Gasteiger partial charge in [-0.2, -0.15) is 5.10 Å². The molecule has 1 aliphatic heterocycles. The summed E-state index contributed by atoms with van der Waals surface area (Å²) in [5, 5.41) is 13.2. The lowest BCUT2D eigenvalue weighted by Crippen LogP contribution is -2.38. The van der Waals surface area contributed by atoms with Gasteiger partial charge < -0.3 is 5.11 Å². The molecule has 1 atom stereocenters. The smallest absolute Gasteiger partial charge is 0.307 e. The fourth-order valence-electron chi connectivity index (χ4n) is 2.34. The van der Waals surface area contributed by atoms with Crippen molar-refractivity contribution < 1.29 is 9.90 Å². The van der Waals surface area contributed by atoms with E-state index in [4.69, 9.17) is 5.11 Å². The Morgan fingerprint density at radius 1 is 1.65 bits per heavy atom. The predicted octanol–water partition coefficient (Wildman–Crippen LogP) is 1.03. The van der Waals surface area contributed by atoms with Crippen molar-refractivity contribution in [2.24, 2.45) is 13.0 Å². The average molecular weight is 237 g/mol. The third-order valence-corrected chi connectivity index (χ3v) is 3.59. The quantitative estimate of drug-likeness (QED) is 0.853. The SMILES string of the molecule is Cc1c(CN2CCCC(C(=O)O)C2)cnn1C. The minimum Gasteiger partial charge on any atom is -0.481 e. The van der Waals surface area contributed by atoms with Crippen molar-refractivity contribution >= 4 is 5.97 Å². The molecule has 1 aliphatic rings. The average Bonchev–Trinajstić information content (AvgIpc) is 2.61. The van der Waals surface area contributed by atoms with Crippen LogP contribution in [0.15, 0.2) is 6.20 Å². The molecule has 1 aromatic heterocycles. The van der Waals surface area contributed by atoms with Gasteiger partial charge in [0.25, 0.3) is 0 Å². The molecule has 0 radical (unpaired) electrons. The van der Waals surface area contributed by atoms with Crippen molar-refractivity contribution in [1.82, 2.24) is 14.7 Å². The maximum absolute atomic E-state index is 11.0. The minimum absolute atomic E-state index is 0.208. The number of piperidine rings is 1. The zero-order chi connectivity index (χ0) is 12.4. The Bertz CT molecular complexity index is 414. The Morgan fingerprint density at radius 3 is 3.00 bits per heavy atom. The summed E-state index contributed by atoms with van der Waals surface area (Å²) in [7, 11) is 1.93. The van der Waals surface area contributed by atoms with Crippen LogP contribution >= 0.6 is 0 Å². The molecule has 0 saturated carbocycles. The Kier molecular flexibility index (Phi) is 3.47. The van der Waals surface area contributed by atoms with Crippen molar-refractivity contribution in [3.63, 3.8) is 0 Å². The molecule has 0 aliphatic carbocycles. The fourth-order valence-corrected chi connectivity index (χ4v) is 2.34. The lowest BCUT2D eigenvalue weighted by Gasteiger charge is -2.30. The van der Waals surface area contributed by atoms with Crippen LogP contribution in [-0.2, 0) is 18.4 Å². The molecule has 5 nitrogen and oxygen atoms in total. The van der Waals surface area contributed by atoms with Gasteiger partial charge in [0, 0.05) is 31.4 Å². The first-order valence-electron chi connectivity index (χ1n) is 6.00. The number of hydrogen-bond donors (Lipinski definition) is 1. The highest BCUT2D eigenvalue weighted by Gasteiger charge is 2.25. The zero-order valence-electron chi connectivity index (χ0n) is 10.4. The second-order valence-corrected chi connectivity index (χ2v) is 4.79. The number of aryl methyl sites for hydroxylation is 1. The molecule has 0 aromatic carbocycles. The molecule has 0 spiro atoms. The van der Waals surface area contributed by atoms with Crippen LogP contribution in [0.4, 0.5) is 0 Å². The molecule has 0 bridgehead atoms. The largest absolute Gasteiger partial charge is 0.481 e. The van der Waals surface area contributed by atoms with Crippen LogP contribution in [-0.4, -0.2) is 38.8 Å². The first kappa shape index (κ1) is 12.1. The zero-order valence-corrected chi connectivity index (χ0v) is 10.4. The van der Waals surface area contributed by atoms with Gasteiger partial charge >= 0.3 is 5.97 Å². The molecule has 5 heteroatoms. The van der Waals surface area contributed by atoms with E-state index in [1.54, 1.807) is 0 Å². The summed E-state index contributed by atoms with van der Waals surface area (Å²) in [6, 6.07) is 0. The third kappa shape index (κ3) is 2.66. The number of carboxylic acid groups (broad SMARTS) is 1. The van der Waals surface area contributed by atoms with Crippen LogP contribution in [0, 0.1) is 12.8 Å². The lowest BCUT2D eigenvalue weighted by molar-refractivity contribution is -0.143. The number of aliphatic carboxylic acids is 1. The Morgan fingerprint density at radius 2 is 2.41 bits per heavy atom. The molecule has 1 unspecified atom stereocenters. The van der Waals surface area contributed by atoms with E-state index >= 15 is 0 Å². The first-order chi connectivity index (χ1) is 8.08. The van der Waals surface area contributed by atoms with E-state index in [1.165, 1.54) is 5.56 Å². The number of likely N-dealkylation sites (tertiary alicyclic amines) is 1. The van der Waals surface area contributed by atoms with Gasteiger partial charge in [0.15, 0.2) is 0 Å². The predicted molar refractivity (Wildman–Crippen MR) is 63.6 cm³/mol. The van der Waals surface area contributed by atoms with Crippen molar-refractivity contribution in [3.05, 3.63) is 17.5 Å². The van der Waals surface area contributed by atoms with Crippen LogP contribution < -0.4 is 0 Å². The van der Waals surface area contributed by atoms with E-state index in [0.29, 0.717) is 6.54 Å². The lowest BCUT2D eigenvalue weighted by atomic mass is 9.98. The van der Waals surface area contributed by atoms with Gasteiger partial charge in [0.1, 0.15) is 0 Å². The van der Waals surface area contributed by atoms with E-state index in [0.717, 1.165) is 31.6 Å². The molecule has 94 valence electrons. The van der Waals surface area contributed by atoms with Gasteiger partial charge in [0.05, 0.1) is 12.1 Å². The summed E-state index contributed by atoms with van der Waals surface area (Å²) in [6.45, 7) is 4.49. The van der Waals surface area contributed by atoms with Gasteiger partial charge in [-0.25, -0.2) is 0 Å². The molecule has 17 heavy (non-hydrogen) atoms. The van der Waals surface area contributed by atoms with Gasteiger partial charge in [-0.1, -0.05) is 0 Å². The van der Waals surface area contributed by atoms with Crippen LogP contribution in [0.25, 0.3) is 0 Å². The van der Waals surface area contributed by atoms with Crippen molar-refractivity contribution in [3.8, 4) is 0 Å². The molecule has 2 heterocycles. The second-order valence-electron chi connectivity index (χ2n) is 4.79. The summed E-state index contributed by atoms with van der Waals surface area (Å²) in [5.74, 6) is -0.877. The number of carboxylic acids is 1. The second kappa shape index (κ2) is 4.87. The maximum atomic E-state index is 11.0. The highest BCUT2D eigenvalue weighted by molar-refractivity contribution is 5.70. The molecule has 1 fully saturated rings. The van der Waals surface area contributed by atoms with Crippen molar-refractivity contribution in [1.29, 1.82) is 0 Å². The summed E-state index contributed by atoms with van der Waals surface area (Å²) < 4.78 is 1.86. The van der Waals surface area contributed by atoms with Gasteiger partial charge in [-0.3, -0.25) is 14.4 Å². The molecule has 1 saturated heterocycles. The summed E-state index contributed by atoms with van der Waals surface area (Å²) in [4.78, 5) is 13.2. The van der Waals surface area contributed by atoms with E-state index < -0.39 is 5.97 Å². The van der Waals surface area contributed by atoms with Crippen molar-refractivity contribution in [2.45, 2.75) is 26.3 Å². The Balaban J connectivity index is 1.99. The van der Waals surface area contributed by atoms with E-state index in [1.807, 2.05) is 24.9 Å². The summed E-state index contributed by atoms with van der Waals surface area (Å²) >= 11 is 0. The molecule has 2 rings (SSSR count). The molecular formula is C12H19N3O2. The van der Waals surface area contributed by atoms with Crippen LogP contribution in [0.5, 0.6) is 0 Å². The fraction of sp³-hybridized carbons (Fsp3) is 0.667. The van der Waals surface area contributed by atoms with E-state index in [9.17, 15) is 4.79 Å². The number of aromatic nitrogens is 2. The standard InChI is InChI=1S/C12H19N3O2/c1-9-11(6-13-14(9)2)8-15-5-3-4-10(7-15)12(16)17/h6,10H,3-5,7-8H2,1-2H3,(H,16,17). The topological polar surface area (TPSA) is 58.4 Å². The van der Waals surface area contributed by atoms with Gasteiger partial charge in [0.2, 0.25) is 0 Å². The van der Waals surface area contributed by atoms with Gasteiger partial charge in [-0.05, 0) is 26.3 Å². The molecular weight excluding hydrogens is 218 g/mol. The minimum atomic E-state index is -0.669. The van der Waals surface area contributed by atoms with Crippen molar-refractivity contribution in [2.75, 3.05) is 13.1 Å². The number of carbonyl (C=O) groups is 1. The normalized spacial score (nSPS) is 21.6. The highest BCUT2D eigenvalue weighted by atomic mass is 16.4. The number of nitrogens with zero attached hydrogens (tertiary/aromatic N) is 3. The monoisotopic (exact) mass is 237 g/mol.